The van der Waals surface area contributed by atoms with Crippen molar-refractivity contribution >= 4 is 30.7 Å². The van der Waals surface area contributed by atoms with Gasteiger partial charge in [0.2, 0.25) is 5.91 Å². The van der Waals surface area contributed by atoms with Crippen LogP contribution >= 0.6 is 24.8 Å². The second kappa shape index (κ2) is 10.1. The predicted octanol–water partition coefficient (Wildman–Crippen LogP) is 2.33. The lowest BCUT2D eigenvalue weighted by atomic mass is 10.1. The van der Waals surface area contributed by atoms with Gasteiger partial charge in [-0.2, -0.15) is 0 Å². The number of carbonyl (C=O) groups is 1. The lowest BCUT2D eigenvalue weighted by Gasteiger charge is -2.36. The fourth-order valence-corrected chi connectivity index (χ4v) is 2.67. The summed E-state index contributed by atoms with van der Waals surface area (Å²) in [6.45, 7) is 9.02. The first-order valence-corrected chi connectivity index (χ1v) is 7.39. The molecule has 0 aliphatic carbocycles. The van der Waals surface area contributed by atoms with E-state index in [4.69, 9.17) is 5.73 Å². The van der Waals surface area contributed by atoms with Crippen LogP contribution < -0.4 is 5.73 Å². The minimum absolute atomic E-state index is 0. The average Bonchev–Trinajstić information content (AvgIpc) is 2.47. The highest BCUT2D eigenvalue weighted by Gasteiger charge is 2.26. The van der Waals surface area contributed by atoms with Gasteiger partial charge in [-0.1, -0.05) is 44.2 Å². The van der Waals surface area contributed by atoms with Crippen LogP contribution in [0.15, 0.2) is 30.3 Å². The van der Waals surface area contributed by atoms with Crippen molar-refractivity contribution in [3.63, 3.8) is 0 Å². The zero-order chi connectivity index (χ0) is 14.5. The van der Waals surface area contributed by atoms with E-state index in [9.17, 15) is 4.79 Å². The van der Waals surface area contributed by atoms with Crippen LogP contribution in [0, 0.1) is 5.92 Å². The Morgan fingerprint density at radius 1 is 1.09 bits per heavy atom. The molecule has 1 atom stereocenters. The van der Waals surface area contributed by atoms with Crippen LogP contribution in [-0.4, -0.2) is 48.4 Å². The topological polar surface area (TPSA) is 49.6 Å². The molecule has 0 spiro atoms. The van der Waals surface area contributed by atoms with E-state index in [1.165, 1.54) is 0 Å². The van der Waals surface area contributed by atoms with Crippen molar-refractivity contribution in [1.82, 2.24) is 9.80 Å². The van der Waals surface area contributed by atoms with Crippen LogP contribution in [0.25, 0.3) is 0 Å². The summed E-state index contributed by atoms with van der Waals surface area (Å²) in [5.41, 5.74) is 6.97. The summed E-state index contributed by atoms with van der Waals surface area (Å²) >= 11 is 0. The molecule has 0 bridgehead atoms. The molecule has 1 aromatic carbocycles. The molecule has 1 aliphatic heterocycles. The van der Waals surface area contributed by atoms with Crippen LogP contribution in [0.2, 0.25) is 0 Å². The highest BCUT2D eigenvalue weighted by atomic mass is 35.5. The van der Waals surface area contributed by atoms with Gasteiger partial charge >= 0.3 is 0 Å². The predicted molar refractivity (Wildman–Crippen MR) is 95.7 cm³/mol. The molecule has 1 saturated heterocycles. The maximum atomic E-state index is 12.4. The normalized spacial score (nSPS) is 16.6. The second-order valence-electron chi connectivity index (χ2n) is 5.91. The molecular formula is C16H27Cl2N3O. The summed E-state index contributed by atoms with van der Waals surface area (Å²) in [6, 6.07) is 9.07. The highest BCUT2D eigenvalue weighted by Crippen LogP contribution is 2.14. The van der Waals surface area contributed by atoms with Gasteiger partial charge in [0.15, 0.2) is 0 Å². The van der Waals surface area contributed by atoms with Crippen LogP contribution in [0.4, 0.5) is 0 Å². The molecule has 4 nitrogen and oxygen atoms in total. The summed E-state index contributed by atoms with van der Waals surface area (Å²) in [4.78, 5) is 16.7. The van der Waals surface area contributed by atoms with Crippen molar-refractivity contribution in [3.05, 3.63) is 35.9 Å². The molecule has 2 N–H and O–H groups in total. The molecule has 2 rings (SSSR count). The maximum absolute atomic E-state index is 12.4. The highest BCUT2D eigenvalue weighted by molar-refractivity contribution is 5.85. The van der Waals surface area contributed by atoms with Crippen LogP contribution in [0.5, 0.6) is 0 Å². The molecule has 0 saturated carbocycles. The van der Waals surface area contributed by atoms with Gasteiger partial charge < -0.3 is 10.6 Å². The number of nitrogens with two attached hydrogens (primary N) is 1. The Balaban J connectivity index is 0.00000220. The Morgan fingerprint density at radius 2 is 1.64 bits per heavy atom. The van der Waals surface area contributed by atoms with Gasteiger partial charge in [-0.05, 0) is 11.5 Å². The molecule has 1 fully saturated rings. The number of hydrogen-bond acceptors (Lipinski definition) is 3. The molecule has 1 unspecified atom stereocenters. The van der Waals surface area contributed by atoms with Gasteiger partial charge in [-0.25, -0.2) is 0 Å². The fourth-order valence-electron chi connectivity index (χ4n) is 2.67. The Labute approximate surface area is 145 Å². The maximum Gasteiger partial charge on any atom is 0.244 e. The minimum atomic E-state index is -0.534. The van der Waals surface area contributed by atoms with Crippen LogP contribution in [0.3, 0.4) is 0 Å². The summed E-state index contributed by atoms with van der Waals surface area (Å²) in [7, 11) is 0. The molecule has 0 radical (unpaired) electrons. The monoisotopic (exact) mass is 347 g/mol. The smallest absolute Gasteiger partial charge is 0.244 e. The average molecular weight is 348 g/mol. The third kappa shape index (κ3) is 5.76. The van der Waals surface area contributed by atoms with Crippen molar-refractivity contribution in [2.24, 2.45) is 11.7 Å². The first-order chi connectivity index (χ1) is 9.58. The van der Waals surface area contributed by atoms with E-state index in [1.54, 1.807) is 0 Å². The van der Waals surface area contributed by atoms with Gasteiger partial charge in [0, 0.05) is 32.7 Å². The molecule has 1 amide bonds. The second-order valence-corrected chi connectivity index (χ2v) is 5.91. The van der Waals surface area contributed by atoms with Crippen molar-refractivity contribution in [1.29, 1.82) is 0 Å². The summed E-state index contributed by atoms with van der Waals surface area (Å²) in [5.74, 6) is 0.712. The zero-order valence-corrected chi connectivity index (χ0v) is 14.9. The van der Waals surface area contributed by atoms with Crippen molar-refractivity contribution in [2.75, 3.05) is 32.7 Å². The van der Waals surface area contributed by atoms with Crippen LogP contribution in [0.1, 0.15) is 25.5 Å². The van der Waals surface area contributed by atoms with Crippen molar-refractivity contribution < 1.29 is 4.79 Å². The lowest BCUT2D eigenvalue weighted by molar-refractivity contribution is -0.134. The molecule has 22 heavy (non-hydrogen) atoms. The summed E-state index contributed by atoms with van der Waals surface area (Å²) in [6.07, 6.45) is 0. The number of amides is 1. The number of rotatable bonds is 4. The molecule has 1 aliphatic rings. The van der Waals surface area contributed by atoms with E-state index in [-0.39, 0.29) is 30.7 Å². The fraction of sp³-hybridized carbons (Fsp3) is 0.562. The molecular weight excluding hydrogens is 321 g/mol. The third-order valence-corrected chi connectivity index (χ3v) is 3.73. The SMILES string of the molecule is CC(C)CN1CCN(C(=O)C(N)c2ccccc2)CC1.Cl.Cl. The molecule has 1 heterocycles. The van der Waals surface area contributed by atoms with Gasteiger partial charge in [0.25, 0.3) is 0 Å². The number of piperazine rings is 1. The first-order valence-electron chi connectivity index (χ1n) is 7.39. The summed E-state index contributed by atoms with van der Waals surface area (Å²) < 4.78 is 0. The van der Waals surface area contributed by atoms with Crippen molar-refractivity contribution in [3.8, 4) is 0 Å². The van der Waals surface area contributed by atoms with Crippen molar-refractivity contribution in [2.45, 2.75) is 19.9 Å². The number of hydrogen-bond donors (Lipinski definition) is 1. The summed E-state index contributed by atoms with van der Waals surface area (Å²) in [5, 5.41) is 0. The molecule has 0 aromatic heterocycles. The van der Waals surface area contributed by atoms with E-state index < -0.39 is 6.04 Å². The number of nitrogens with zero attached hydrogens (tertiary/aromatic N) is 2. The third-order valence-electron chi connectivity index (χ3n) is 3.73. The van der Waals surface area contributed by atoms with Gasteiger partial charge in [0.1, 0.15) is 6.04 Å². The number of benzene rings is 1. The van der Waals surface area contributed by atoms with E-state index in [0.717, 1.165) is 38.3 Å². The van der Waals surface area contributed by atoms with Gasteiger partial charge in [-0.3, -0.25) is 9.69 Å². The van der Waals surface area contributed by atoms with Crippen LogP contribution in [-0.2, 0) is 4.79 Å². The standard InChI is InChI=1S/C16H25N3O.2ClH/c1-13(2)12-18-8-10-19(11-9-18)16(20)15(17)14-6-4-3-5-7-14;;/h3-7,13,15H,8-12,17H2,1-2H3;2*1H. The Kier molecular flexibility index (Phi) is 9.69. The van der Waals surface area contributed by atoms with E-state index >= 15 is 0 Å². The quantitative estimate of drug-likeness (QED) is 0.909. The molecule has 6 heteroatoms. The van der Waals surface area contributed by atoms with E-state index in [1.807, 2.05) is 35.2 Å². The zero-order valence-electron chi connectivity index (χ0n) is 13.3. The molecule has 126 valence electrons. The molecule has 1 aromatic rings. The Bertz CT molecular complexity index is 434. The lowest BCUT2D eigenvalue weighted by Crippen LogP contribution is -2.51. The van der Waals surface area contributed by atoms with E-state index in [2.05, 4.69) is 18.7 Å². The van der Waals surface area contributed by atoms with Gasteiger partial charge in [-0.15, -0.1) is 24.8 Å². The Hall–Kier alpha value is -0.810. The number of carbonyl (C=O) groups excluding carboxylic acids is 1. The minimum Gasteiger partial charge on any atom is -0.338 e. The largest absolute Gasteiger partial charge is 0.338 e. The van der Waals surface area contributed by atoms with Gasteiger partial charge in [0.05, 0.1) is 0 Å². The number of halogens is 2. The first kappa shape index (κ1) is 21.2. The Morgan fingerprint density at radius 3 is 2.14 bits per heavy atom. The van der Waals surface area contributed by atoms with E-state index in [0.29, 0.717) is 5.92 Å².